The predicted octanol–water partition coefficient (Wildman–Crippen LogP) is 7.51. The Morgan fingerprint density at radius 2 is 1.40 bits per heavy atom. The van der Waals surface area contributed by atoms with Gasteiger partial charge in [0.25, 0.3) is 0 Å². The number of amides is 1. The molecule has 1 N–H and O–H groups in total. The van der Waals surface area contributed by atoms with E-state index in [2.05, 4.69) is 5.32 Å². The van der Waals surface area contributed by atoms with Gasteiger partial charge in [-0.3, -0.25) is 9.59 Å². The molecule has 0 heterocycles. The Labute approximate surface area is 217 Å². The molecule has 3 aromatic rings. The van der Waals surface area contributed by atoms with E-state index in [9.17, 15) is 9.59 Å². The van der Waals surface area contributed by atoms with Gasteiger partial charge >= 0.3 is 0 Å². The molecule has 35 heavy (non-hydrogen) atoms. The van der Waals surface area contributed by atoms with Gasteiger partial charge in [0, 0.05) is 39.4 Å². The van der Waals surface area contributed by atoms with Crippen LogP contribution in [0.1, 0.15) is 60.0 Å². The van der Waals surface area contributed by atoms with Crippen LogP contribution < -0.4 is 5.32 Å². The average Bonchev–Trinajstić information content (AvgIpc) is 2.89. The Morgan fingerprint density at radius 1 is 0.829 bits per heavy atom. The summed E-state index contributed by atoms with van der Waals surface area (Å²) in [6, 6.07) is 24.9. The van der Waals surface area contributed by atoms with E-state index >= 15 is 0 Å². The lowest BCUT2D eigenvalue weighted by Crippen LogP contribution is -2.45. The predicted molar refractivity (Wildman–Crippen MR) is 143 cm³/mol. The minimum Gasteiger partial charge on any atom is -0.353 e. The first-order valence-electron chi connectivity index (χ1n) is 12.3. The second kappa shape index (κ2) is 11.9. The van der Waals surface area contributed by atoms with Gasteiger partial charge in [-0.2, -0.15) is 0 Å². The number of hydrogen-bond donors (Lipinski definition) is 1. The number of benzene rings is 3. The molecule has 0 aliphatic heterocycles. The van der Waals surface area contributed by atoms with Gasteiger partial charge in [0.2, 0.25) is 5.91 Å². The fourth-order valence-corrected chi connectivity index (χ4v) is 5.43. The molecule has 0 bridgehead atoms. The molecule has 2 unspecified atom stereocenters. The van der Waals surface area contributed by atoms with Crippen molar-refractivity contribution in [2.24, 2.45) is 11.8 Å². The summed E-state index contributed by atoms with van der Waals surface area (Å²) in [6.45, 7) is 2.05. The quantitative estimate of drug-likeness (QED) is 0.320. The molecule has 1 aliphatic carbocycles. The Morgan fingerprint density at radius 3 is 2.03 bits per heavy atom. The number of carbonyl (C=O) groups is 2. The van der Waals surface area contributed by atoms with Crippen LogP contribution in [-0.2, 0) is 11.2 Å². The van der Waals surface area contributed by atoms with Crippen molar-refractivity contribution < 1.29 is 9.59 Å². The van der Waals surface area contributed by atoms with E-state index in [0.29, 0.717) is 15.6 Å². The highest BCUT2D eigenvalue weighted by molar-refractivity contribution is 6.30. The number of nitrogens with one attached hydrogen (secondary N) is 1. The van der Waals surface area contributed by atoms with E-state index in [-0.39, 0.29) is 35.5 Å². The van der Waals surface area contributed by atoms with Crippen molar-refractivity contribution in [1.82, 2.24) is 5.32 Å². The van der Waals surface area contributed by atoms with Gasteiger partial charge in [-0.15, -0.1) is 0 Å². The zero-order valence-corrected chi connectivity index (χ0v) is 21.4. The summed E-state index contributed by atoms with van der Waals surface area (Å²) in [6.07, 6.45) is 4.19. The second-order valence-electron chi connectivity index (χ2n) is 9.51. The average molecular weight is 508 g/mol. The lowest BCUT2D eigenvalue weighted by Gasteiger charge is -2.32. The summed E-state index contributed by atoms with van der Waals surface area (Å²) < 4.78 is 0. The van der Waals surface area contributed by atoms with Crippen LogP contribution in [0.4, 0.5) is 0 Å². The van der Waals surface area contributed by atoms with Crippen molar-refractivity contribution in [3.8, 4) is 0 Å². The molecule has 3 aromatic carbocycles. The van der Waals surface area contributed by atoms with Crippen molar-refractivity contribution in [3.05, 3.63) is 106 Å². The lowest BCUT2D eigenvalue weighted by molar-refractivity contribution is -0.128. The smallest absolute Gasteiger partial charge is 0.224 e. The Balaban J connectivity index is 1.53. The van der Waals surface area contributed by atoms with E-state index in [1.807, 2.05) is 85.8 Å². The summed E-state index contributed by atoms with van der Waals surface area (Å²) in [4.78, 5) is 26.8. The SMILES string of the molecule is CC(NC(=O)[C@@H]1CCCC[C@H]1C(=O)c1ccccc1)C(Cc1ccc(Cl)cc1)c1ccc(Cl)cc1. The highest BCUT2D eigenvalue weighted by atomic mass is 35.5. The first-order chi connectivity index (χ1) is 16.9. The molecule has 5 heteroatoms. The van der Waals surface area contributed by atoms with Gasteiger partial charge in [0.05, 0.1) is 0 Å². The zero-order chi connectivity index (χ0) is 24.8. The first-order valence-corrected chi connectivity index (χ1v) is 13.1. The molecule has 182 valence electrons. The van der Waals surface area contributed by atoms with Crippen LogP contribution in [0.2, 0.25) is 10.0 Å². The molecule has 0 saturated heterocycles. The molecule has 4 atom stereocenters. The highest BCUT2D eigenvalue weighted by Gasteiger charge is 2.37. The molecule has 1 fully saturated rings. The minimum atomic E-state index is -0.305. The second-order valence-corrected chi connectivity index (χ2v) is 10.4. The van der Waals surface area contributed by atoms with E-state index in [1.54, 1.807) is 0 Å². The number of hydrogen-bond acceptors (Lipinski definition) is 2. The molecule has 0 radical (unpaired) electrons. The third-order valence-corrected chi connectivity index (χ3v) is 7.64. The molecule has 1 saturated carbocycles. The van der Waals surface area contributed by atoms with Crippen molar-refractivity contribution >= 4 is 34.9 Å². The number of rotatable bonds is 8. The van der Waals surface area contributed by atoms with Gasteiger partial charge < -0.3 is 5.32 Å². The minimum absolute atomic E-state index is 0.0263. The maximum atomic E-state index is 13.5. The topological polar surface area (TPSA) is 46.2 Å². The van der Waals surface area contributed by atoms with E-state index in [0.717, 1.165) is 43.2 Å². The van der Waals surface area contributed by atoms with Crippen molar-refractivity contribution in [2.75, 3.05) is 0 Å². The largest absolute Gasteiger partial charge is 0.353 e. The maximum Gasteiger partial charge on any atom is 0.224 e. The molecule has 0 spiro atoms. The first kappa shape index (κ1) is 25.5. The standard InChI is InChI=1S/C30H31Cl2NO2/c1-20(28(22-13-17-25(32)18-14-22)19-21-11-15-24(31)16-12-21)33-30(35)27-10-6-5-9-26(27)29(34)23-7-3-2-4-8-23/h2-4,7-8,11-18,20,26-28H,5-6,9-10,19H2,1H3,(H,33,35)/t20?,26-,27-,28?/m1/s1. The van der Waals surface area contributed by atoms with E-state index in [1.165, 1.54) is 0 Å². The van der Waals surface area contributed by atoms with Crippen LogP contribution >= 0.6 is 23.2 Å². The fourth-order valence-electron chi connectivity index (χ4n) is 5.17. The number of carbonyl (C=O) groups excluding carboxylic acids is 2. The number of halogens is 2. The van der Waals surface area contributed by atoms with Crippen LogP contribution in [-0.4, -0.2) is 17.7 Å². The molecule has 1 aliphatic rings. The van der Waals surface area contributed by atoms with Gasteiger partial charge in [-0.25, -0.2) is 0 Å². The Kier molecular flexibility index (Phi) is 8.64. The van der Waals surface area contributed by atoms with Crippen molar-refractivity contribution in [1.29, 1.82) is 0 Å². The molecule has 3 nitrogen and oxygen atoms in total. The lowest BCUT2D eigenvalue weighted by atomic mass is 9.74. The third kappa shape index (κ3) is 6.54. The fraction of sp³-hybridized carbons (Fsp3) is 0.333. The summed E-state index contributed by atoms with van der Waals surface area (Å²) in [7, 11) is 0. The summed E-state index contributed by atoms with van der Waals surface area (Å²) in [5.74, 6) is -0.483. The van der Waals surface area contributed by atoms with Crippen LogP contribution in [0.5, 0.6) is 0 Å². The number of Topliss-reactive ketones (excluding diaryl/α,β-unsaturated/α-hetero) is 1. The van der Waals surface area contributed by atoms with Crippen molar-refractivity contribution in [3.63, 3.8) is 0 Å². The van der Waals surface area contributed by atoms with Gasteiger partial charge in [-0.05, 0) is 61.6 Å². The third-order valence-electron chi connectivity index (χ3n) is 7.14. The van der Waals surface area contributed by atoms with Gasteiger partial charge in [0.15, 0.2) is 5.78 Å². The van der Waals surface area contributed by atoms with E-state index in [4.69, 9.17) is 23.2 Å². The molecular weight excluding hydrogens is 477 g/mol. The maximum absolute atomic E-state index is 13.5. The molecule has 4 rings (SSSR count). The summed E-state index contributed by atoms with van der Waals surface area (Å²) in [5, 5.41) is 4.66. The zero-order valence-electron chi connectivity index (χ0n) is 19.9. The van der Waals surface area contributed by atoms with Crippen molar-refractivity contribution in [2.45, 2.75) is 51.0 Å². The Hall–Kier alpha value is -2.62. The summed E-state index contributed by atoms with van der Waals surface area (Å²) in [5.41, 5.74) is 2.94. The van der Waals surface area contributed by atoms with Crippen LogP contribution in [0.3, 0.4) is 0 Å². The molecular formula is C30H31Cl2NO2. The summed E-state index contributed by atoms with van der Waals surface area (Å²) >= 11 is 12.2. The Bertz CT molecular complexity index is 1130. The van der Waals surface area contributed by atoms with E-state index < -0.39 is 0 Å². The van der Waals surface area contributed by atoms with Crippen LogP contribution in [0.25, 0.3) is 0 Å². The van der Waals surface area contributed by atoms with Crippen LogP contribution in [0.15, 0.2) is 78.9 Å². The highest BCUT2D eigenvalue weighted by Crippen LogP contribution is 2.34. The molecule has 1 amide bonds. The van der Waals surface area contributed by atoms with Gasteiger partial charge in [0.1, 0.15) is 0 Å². The van der Waals surface area contributed by atoms with Gasteiger partial charge in [-0.1, -0.05) is 90.6 Å². The normalized spacial score (nSPS) is 19.5. The number of ketones is 1. The molecule has 0 aromatic heterocycles. The monoisotopic (exact) mass is 507 g/mol. The van der Waals surface area contributed by atoms with Crippen LogP contribution in [0, 0.1) is 11.8 Å².